The molecule has 0 saturated heterocycles. The highest BCUT2D eigenvalue weighted by atomic mass is 35.5. The normalized spacial score (nSPS) is 10.9. The summed E-state index contributed by atoms with van der Waals surface area (Å²) in [5, 5.41) is 27.8. The zero-order valence-corrected chi connectivity index (χ0v) is 38.8. The molecule has 0 atom stereocenters. The number of hydrogen-bond donors (Lipinski definition) is 3. The lowest BCUT2D eigenvalue weighted by Gasteiger charge is -2.09. The van der Waals surface area contributed by atoms with E-state index in [1.165, 1.54) is 18.5 Å². The largest absolute Gasteiger partial charge is 0.366 e. The van der Waals surface area contributed by atoms with Gasteiger partial charge in [0.25, 0.3) is 0 Å². The average Bonchev–Trinajstić information content (AvgIpc) is 3.41. The Balaban J connectivity index is 0.000000124. The van der Waals surface area contributed by atoms with Gasteiger partial charge in [-0.15, -0.1) is 30.6 Å². The van der Waals surface area contributed by atoms with Gasteiger partial charge >= 0.3 is 0 Å². The minimum atomic E-state index is -0.330. The molecule has 12 aromatic rings. The number of nitrogen functional groups attached to an aromatic ring is 3. The van der Waals surface area contributed by atoms with Gasteiger partial charge in [0.05, 0.1) is 21.6 Å². The number of aromatic nitrogens is 13. The summed E-state index contributed by atoms with van der Waals surface area (Å²) in [6.45, 7) is 2.03. The predicted molar refractivity (Wildman–Crippen MR) is 279 cm³/mol. The lowest BCUT2D eigenvalue weighted by molar-refractivity contribution is 0.628. The van der Waals surface area contributed by atoms with Crippen LogP contribution in [0.25, 0.3) is 100 Å². The van der Waals surface area contributed by atoms with Crippen molar-refractivity contribution < 1.29 is 4.39 Å². The molecule has 0 spiro atoms. The molecule has 0 aliphatic heterocycles. The number of fused-ring (bicyclic) bond motifs is 3. The summed E-state index contributed by atoms with van der Waals surface area (Å²) in [4.78, 5) is 30.1. The van der Waals surface area contributed by atoms with Crippen LogP contribution >= 0.6 is 11.6 Å². The molecule has 0 unspecified atom stereocenters. The van der Waals surface area contributed by atoms with Crippen molar-refractivity contribution in [3.8, 4) is 67.5 Å². The molecule has 0 fully saturated rings. The molecular weight excluding hydrogens is 927 g/mol. The maximum atomic E-state index is 13.2. The molecule has 6 aromatic heterocycles. The lowest BCUT2D eigenvalue weighted by atomic mass is 10.0. The number of nitrogens with two attached hydrogens (primary N) is 3. The van der Waals surface area contributed by atoms with Gasteiger partial charge < -0.3 is 17.2 Å². The number of pyridine rings is 2. The van der Waals surface area contributed by atoms with Crippen LogP contribution in [0.1, 0.15) is 5.56 Å². The van der Waals surface area contributed by atoms with Crippen molar-refractivity contribution in [1.29, 1.82) is 0 Å². The molecule has 0 aliphatic rings. The van der Waals surface area contributed by atoms with Crippen molar-refractivity contribution in [2.24, 2.45) is 0 Å². The zero-order valence-electron chi connectivity index (χ0n) is 38.0. The first-order valence-electron chi connectivity index (χ1n) is 22.1. The Morgan fingerprint density at radius 3 is 1.44 bits per heavy atom. The van der Waals surface area contributed by atoms with Gasteiger partial charge in [-0.05, 0) is 85.3 Å². The highest BCUT2D eigenvalue weighted by Gasteiger charge is 2.17. The topological polar surface area (TPSA) is 246 Å². The van der Waals surface area contributed by atoms with Crippen LogP contribution in [-0.4, -0.2) is 65.5 Å². The third kappa shape index (κ3) is 10.1. The molecule has 0 bridgehead atoms. The summed E-state index contributed by atoms with van der Waals surface area (Å²) in [6.07, 6.45) is 6.81. The van der Waals surface area contributed by atoms with Crippen LogP contribution in [0.4, 0.5) is 22.2 Å². The average molecular weight is 965 g/mol. The first-order chi connectivity index (χ1) is 35.1. The number of nitrogens with zero attached hydrogens (tertiary/aromatic N) is 13. The molecule has 0 saturated carbocycles. The second-order valence-corrected chi connectivity index (χ2v) is 16.5. The fourth-order valence-corrected chi connectivity index (χ4v) is 7.99. The minimum absolute atomic E-state index is 0.0450. The molecule has 12 rings (SSSR count). The van der Waals surface area contributed by atoms with Crippen molar-refractivity contribution >= 4 is 62.2 Å². The summed E-state index contributed by atoms with van der Waals surface area (Å²) in [5.41, 5.74) is 29.9. The molecule has 0 amide bonds. The summed E-state index contributed by atoms with van der Waals surface area (Å²) in [7, 11) is 0. The van der Waals surface area contributed by atoms with Gasteiger partial charge in [0.1, 0.15) is 46.3 Å². The van der Waals surface area contributed by atoms with Gasteiger partial charge in [0.15, 0.2) is 0 Å². The highest BCUT2D eigenvalue weighted by molar-refractivity contribution is 6.35. The van der Waals surface area contributed by atoms with E-state index in [0.29, 0.717) is 39.1 Å². The summed E-state index contributed by atoms with van der Waals surface area (Å²) in [6, 6.07) is 46.9. The van der Waals surface area contributed by atoms with Crippen molar-refractivity contribution in [2.75, 3.05) is 17.2 Å². The van der Waals surface area contributed by atoms with Gasteiger partial charge in [-0.3, -0.25) is 9.97 Å². The van der Waals surface area contributed by atoms with Crippen LogP contribution in [-0.2, 0) is 0 Å². The van der Waals surface area contributed by atoms with E-state index in [1.54, 1.807) is 30.6 Å². The molecule has 348 valence electrons. The van der Waals surface area contributed by atoms with Crippen LogP contribution in [0.3, 0.4) is 0 Å². The van der Waals surface area contributed by atoms with E-state index in [0.717, 1.165) is 71.8 Å². The molecule has 6 N–H and O–H groups in total. The van der Waals surface area contributed by atoms with E-state index in [4.69, 9.17) is 28.8 Å². The van der Waals surface area contributed by atoms with Crippen LogP contribution < -0.4 is 17.2 Å². The number of anilines is 3. The number of aryl methyl sites for hydroxylation is 1. The lowest BCUT2D eigenvalue weighted by Crippen LogP contribution is -2.02. The molecule has 6 heterocycles. The van der Waals surface area contributed by atoms with Gasteiger partial charge in [-0.25, -0.2) is 29.3 Å². The van der Waals surface area contributed by atoms with Crippen molar-refractivity contribution in [2.45, 2.75) is 6.92 Å². The first-order valence-corrected chi connectivity index (χ1v) is 22.5. The quantitative estimate of drug-likeness (QED) is 0.140. The zero-order chi connectivity index (χ0) is 49.6. The Bertz CT molecular complexity index is 3910. The van der Waals surface area contributed by atoms with E-state index < -0.39 is 0 Å². The van der Waals surface area contributed by atoms with Crippen molar-refractivity contribution in [3.05, 3.63) is 193 Å². The Labute approximate surface area is 415 Å². The number of benzene rings is 6. The van der Waals surface area contributed by atoms with E-state index in [1.807, 2.05) is 122 Å². The van der Waals surface area contributed by atoms with Crippen LogP contribution in [0.5, 0.6) is 0 Å². The molecular formula is C54H38ClFN16. The van der Waals surface area contributed by atoms with Gasteiger partial charge in [-0.2, -0.15) is 0 Å². The smallest absolute Gasteiger partial charge is 0.240 e. The second-order valence-electron chi connectivity index (χ2n) is 16.1. The molecule has 18 heteroatoms. The Morgan fingerprint density at radius 2 is 0.889 bits per heavy atom. The van der Waals surface area contributed by atoms with E-state index in [2.05, 4.69) is 77.6 Å². The highest BCUT2D eigenvalue weighted by Crippen LogP contribution is 2.34. The standard InChI is InChI=1S/C19H15N5.C18H11ClFN5.C17H12N6/c1-12-9-15-10-14(7-8-16(15)21-11-12)18-17(22-19(20)24-23-18)13-5-3-2-4-6-13;19-14-7-8-22-15-6-3-11(9-13(14)15)17-16(23-18(21)25-24-17)10-1-4-12(20)5-2-10;18-17-21-15(11-4-2-1-3-5-11)16(22-23-17)12-6-7-14-13(8-12)9-19-10-20-14/h2-11H,1H3,(H2,20,22,24);1-9H,(H2,21,23,25);1-10H,(H2,18,21,23). The van der Waals surface area contributed by atoms with Crippen molar-refractivity contribution in [3.63, 3.8) is 0 Å². The van der Waals surface area contributed by atoms with E-state index in [-0.39, 0.29) is 23.7 Å². The Hall–Kier alpha value is -9.87. The van der Waals surface area contributed by atoms with Crippen molar-refractivity contribution in [1.82, 2.24) is 65.5 Å². The fraction of sp³-hybridized carbons (Fsp3) is 0.0185. The third-order valence-electron chi connectivity index (χ3n) is 11.2. The van der Waals surface area contributed by atoms with Gasteiger partial charge in [0, 0.05) is 68.1 Å². The van der Waals surface area contributed by atoms with Crippen LogP contribution in [0, 0.1) is 12.7 Å². The summed E-state index contributed by atoms with van der Waals surface area (Å²) < 4.78 is 13.2. The van der Waals surface area contributed by atoms with Crippen LogP contribution in [0.2, 0.25) is 5.02 Å². The van der Waals surface area contributed by atoms with E-state index >= 15 is 0 Å². The first kappa shape index (κ1) is 45.9. The molecule has 16 nitrogen and oxygen atoms in total. The van der Waals surface area contributed by atoms with Crippen LogP contribution in [0.15, 0.2) is 177 Å². The van der Waals surface area contributed by atoms with Gasteiger partial charge in [0.2, 0.25) is 17.8 Å². The number of rotatable bonds is 6. The molecule has 72 heavy (non-hydrogen) atoms. The predicted octanol–water partition coefficient (Wildman–Crippen LogP) is 10.5. The summed E-state index contributed by atoms with van der Waals surface area (Å²) >= 11 is 6.26. The van der Waals surface area contributed by atoms with E-state index in [9.17, 15) is 4.39 Å². The number of halogens is 2. The molecule has 6 aromatic carbocycles. The molecule has 0 radical (unpaired) electrons. The Morgan fingerprint density at radius 1 is 0.417 bits per heavy atom. The maximum Gasteiger partial charge on any atom is 0.240 e. The monoisotopic (exact) mass is 964 g/mol. The second kappa shape index (κ2) is 20.4. The number of hydrogen-bond acceptors (Lipinski definition) is 16. The van der Waals surface area contributed by atoms with Gasteiger partial charge in [-0.1, -0.05) is 90.5 Å². The third-order valence-corrected chi connectivity index (χ3v) is 11.5. The molecule has 0 aliphatic carbocycles. The Kier molecular flexibility index (Phi) is 13.0. The maximum absolute atomic E-state index is 13.2. The SMILES string of the molecule is Cc1cnc2ccc(-c3nnc(N)nc3-c3ccccc3)cc2c1.Nc1nnc(-c2ccc3nccc(Cl)c3c2)c(-c2ccc(F)cc2)n1.Nc1nnc(-c2ccc3ncncc3c2)c(-c2ccccc2)n1. The fourth-order valence-electron chi connectivity index (χ4n) is 7.78. The summed E-state index contributed by atoms with van der Waals surface area (Å²) in [5.74, 6) is 0.0278. The minimum Gasteiger partial charge on any atom is -0.366 e.